The molecule has 0 spiro atoms. The molecule has 0 radical (unpaired) electrons. The average molecular weight is 428 g/mol. The summed E-state index contributed by atoms with van der Waals surface area (Å²) in [5.74, 6) is 0.0107. The van der Waals surface area contributed by atoms with Crippen molar-refractivity contribution in [2.45, 2.75) is 0 Å². The number of aromatic amines is 1. The van der Waals surface area contributed by atoms with Gasteiger partial charge in [-0.25, -0.2) is 10.4 Å². The Morgan fingerprint density at radius 2 is 1.93 bits per heavy atom. The smallest absolute Gasteiger partial charge is 0.423 e. The number of hydrogen-bond donors (Lipinski definition) is 4. The molecule has 0 saturated heterocycles. The summed E-state index contributed by atoms with van der Waals surface area (Å²) in [5.41, 5.74) is 2.95. The number of rotatable bonds is 5. The molecule has 0 aliphatic rings. The van der Waals surface area contributed by atoms with E-state index in [1.807, 2.05) is 6.07 Å². The quantitative estimate of drug-likeness (QED) is 0.278. The maximum Gasteiger partial charge on any atom is 0.491 e. The summed E-state index contributed by atoms with van der Waals surface area (Å²) >= 11 is 12.0. The molecule has 0 amide bonds. The molecule has 144 valence electrons. The lowest BCUT2D eigenvalue weighted by molar-refractivity contribution is 0.426. The minimum absolute atomic E-state index is 0.0107. The van der Waals surface area contributed by atoms with Crippen molar-refractivity contribution in [2.75, 3.05) is 5.43 Å². The number of hydrogen-bond acceptors (Lipinski definition) is 7. The number of benzene rings is 2. The van der Waals surface area contributed by atoms with Gasteiger partial charge in [0.05, 0.1) is 16.9 Å². The summed E-state index contributed by atoms with van der Waals surface area (Å²) in [4.78, 5) is 18.9. The van der Waals surface area contributed by atoms with Crippen LogP contribution in [0.5, 0.6) is 0 Å². The van der Waals surface area contributed by atoms with E-state index in [4.69, 9.17) is 23.2 Å². The zero-order valence-electron chi connectivity index (χ0n) is 14.6. The molecule has 11 heteroatoms. The van der Waals surface area contributed by atoms with Crippen LogP contribution in [0.4, 0.5) is 5.95 Å². The van der Waals surface area contributed by atoms with E-state index < -0.39 is 12.7 Å². The molecule has 2 aromatic carbocycles. The van der Waals surface area contributed by atoms with Gasteiger partial charge in [-0.1, -0.05) is 59.6 Å². The summed E-state index contributed by atoms with van der Waals surface area (Å²) in [6.45, 7) is 0. The zero-order chi connectivity index (χ0) is 21.0. The number of hydrazone groups is 1. The maximum absolute atomic E-state index is 12.2. The van der Waals surface area contributed by atoms with Crippen molar-refractivity contribution in [2.24, 2.45) is 5.10 Å². The Morgan fingerprint density at radius 3 is 2.59 bits per heavy atom. The fourth-order valence-electron chi connectivity index (χ4n) is 2.52. The second-order valence-electron chi connectivity index (χ2n) is 5.72. The van der Waals surface area contributed by atoms with E-state index in [1.165, 1.54) is 18.3 Å². The van der Waals surface area contributed by atoms with Gasteiger partial charge in [-0.05, 0) is 6.07 Å². The standard InChI is InChI=1S/C18H12BCl2N5O3/c20-13-7-6-11(15(21)14(13)19(28)29)9-23-26-18-24-16(10-4-2-1-3-5-10)12(8-22)17(27)25-18/h1-7,9,28-29H,(H2,24,25,26,27). The van der Waals surface area contributed by atoms with Crippen molar-refractivity contribution in [3.8, 4) is 17.3 Å². The van der Waals surface area contributed by atoms with Gasteiger partial charge in [0.15, 0.2) is 0 Å². The summed E-state index contributed by atoms with van der Waals surface area (Å²) in [6.07, 6.45) is 1.30. The lowest BCUT2D eigenvalue weighted by atomic mass is 9.79. The number of aromatic nitrogens is 2. The average Bonchev–Trinajstić information content (AvgIpc) is 2.70. The van der Waals surface area contributed by atoms with Gasteiger partial charge in [0.2, 0.25) is 5.95 Å². The van der Waals surface area contributed by atoms with Crippen molar-refractivity contribution in [1.82, 2.24) is 9.97 Å². The number of halogens is 2. The largest absolute Gasteiger partial charge is 0.491 e. The number of nitrogens with zero attached hydrogens (tertiary/aromatic N) is 3. The molecule has 0 fully saturated rings. The van der Waals surface area contributed by atoms with Crippen LogP contribution < -0.4 is 16.4 Å². The summed E-state index contributed by atoms with van der Waals surface area (Å²) in [7, 11) is -1.85. The number of nitriles is 1. The van der Waals surface area contributed by atoms with E-state index in [0.29, 0.717) is 11.1 Å². The van der Waals surface area contributed by atoms with Crippen LogP contribution in [-0.4, -0.2) is 33.3 Å². The molecule has 4 N–H and O–H groups in total. The normalized spacial score (nSPS) is 10.7. The molecule has 1 heterocycles. The lowest BCUT2D eigenvalue weighted by Crippen LogP contribution is -2.32. The van der Waals surface area contributed by atoms with Crippen LogP contribution in [0.1, 0.15) is 11.1 Å². The van der Waals surface area contributed by atoms with Crippen LogP contribution in [-0.2, 0) is 0 Å². The van der Waals surface area contributed by atoms with Gasteiger partial charge in [0, 0.05) is 21.6 Å². The first-order valence-corrected chi connectivity index (χ1v) is 8.91. The summed E-state index contributed by atoms with van der Waals surface area (Å²) in [5, 5.41) is 32.1. The van der Waals surface area contributed by atoms with E-state index in [0.717, 1.165) is 0 Å². The SMILES string of the molecule is N#Cc1c(-c2ccccc2)nc(NN=Cc2ccc(Cl)c(B(O)O)c2Cl)[nH]c1=O. The second-order valence-corrected chi connectivity index (χ2v) is 6.51. The number of anilines is 1. The van der Waals surface area contributed by atoms with E-state index in [1.54, 1.807) is 30.3 Å². The van der Waals surface area contributed by atoms with Crippen LogP contribution in [0.2, 0.25) is 10.0 Å². The Bertz CT molecular complexity index is 1180. The molecule has 29 heavy (non-hydrogen) atoms. The molecule has 8 nitrogen and oxygen atoms in total. The molecule has 3 aromatic rings. The van der Waals surface area contributed by atoms with Gasteiger partial charge in [-0.3, -0.25) is 9.78 Å². The van der Waals surface area contributed by atoms with E-state index in [-0.39, 0.29) is 32.7 Å². The fraction of sp³-hybridized carbons (Fsp3) is 0. The highest BCUT2D eigenvalue weighted by molar-refractivity contribution is 6.66. The molecule has 0 aliphatic carbocycles. The fourth-order valence-corrected chi connectivity index (χ4v) is 3.14. The summed E-state index contributed by atoms with van der Waals surface area (Å²) < 4.78 is 0. The van der Waals surface area contributed by atoms with Crippen molar-refractivity contribution >= 4 is 47.9 Å². The first kappa shape index (κ1) is 20.6. The van der Waals surface area contributed by atoms with Crippen LogP contribution in [0.15, 0.2) is 52.4 Å². The molecule has 3 rings (SSSR count). The highest BCUT2D eigenvalue weighted by Crippen LogP contribution is 2.20. The van der Waals surface area contributed by atoms with Crippen LogP contribution in [0.25, 0.3) is 11.3 Å². The van der Waals surface area contributed by atoms with E-state index in [2.05, 4.69) is 20.5 Å². The Balaban J connectivity index is 1.93. The maximum atomic E-state index is 12.2. The predicted octanol–water partition coefficient (Wildman–Crippen LogP) is 1.74. The minimum atomic E-state index is -1.85. The Labute approximate surface area is 175 Å². The van der Waals surface area contributed by atoms with Crippen molar-refractivity contribution < 1.29 is 10.0 Å². The van der Waals surface area contributed by atoms with Gasteiger partial charge in [0.25, 0.3) is 5.56 Å². The van der Waals surface area contributed by atoms with Crippen molar-refractivity contribution in [3.05, 3.63) is 74.0 Å². The monoisotopic (exact) mass is 427 g/mol. The molecule has 0 bridgehead atoms. The molecular weight excluding hydrogens is 416 g/mol. The molecular formula is C18H12BCl2N5O3. The van der Waals surface area contributed by atoms with Crippen LogP contribution >= 0.6 is 23.2 Å². The van der Waals surface area contributed by atoms with Gasteiger partial charge in [-0.15, -0.1) is 0 Å². The minimum Gasteiger partial charge on any atom is -0.423 e. The number of H-pyrrole nitrogens is 1. The Morgan fingerprint density at radius 1 is 1.21 bits per heavy atom. The van der Waals surface area contributed by atoms with Gasteiger partial charge in [0.1, 0.15) is 11.6 Å². The summed E-state index contributed by atoms with van der Waals surface area (Å²) in [6, 6.07) is 13.6. The van der Waals surface area contributed by atoms with Gasteiger partial charge >= 0.3 is 7.12 Å². The van der Waals surface area contributed by atoms with Crippen LogP contribution in [0, 0.1) is 11.3 Å². The van der Waals surface area contributed by atoms with Crippen molar-refractivity contribution in [1.29, 1.82) is 5.26 Å². The third-order valence-electron chi connectivity index (χ3n) is 3.87. The van der Waals surface area contributed by atoms with Gasteiger partial charge in [-0.2, -0.15) is 10.4 Å². The van der Waals surface area contributed by atoms with E-state index in [9.17, 15) is 20.1 Å². The van der Waals surface area contributed by atoms with E-state index >= 15 is 0 Å². The highest BCUT2D eigenvalue weighted by atomic mass is 35.5. The Kier molecular flexibility index (Phi) is 6.31. The lowest BCUT2D eigenvalue weighted by Gasteiger charge is -2.08. The third kappa shape index (κ3) is 4.47. The highest BCUT2D eigenvalue weighted by Gasteiger charge is 2.21. The number of nitrogens with one attached hydrogen (secondary N) is 2. The zero-order valence-corrected chi connectivity index (χ0v) is 16.1. The first-order chi connectivity index (χ1) is 13.9. The van der Waals surface area contributed by atoms with Crippen LogP contribution in [0.3, 0.4) is 0 Å². The second kappa shape index (κ2) is 8.90. The van der Waals surface area contributed by atoms with Gasteiger partial charge < -0.3 is 10.0 Å². The molecule has 0 atom stereocenters. The topological polar surface area (TPSA) is 134 Å². The molecule has 1 aromatic heterocycles. The Hall–Kier alpha value is -3.16. The molecule has 0 aliphatic heterocycles. The molecule has 0 unspecified atom stereocenters. The van der Waals surface area contributed by atoms with Crippen molar-refractivity contribution in [3.63, 3.8) is 0 Å². The third-order valence-corrected chi connectivity index (χ3v) is 4.62. The molecule has 0 saturated carbocycles. The first-order valence-electron chi connectivity index (χ1n) is 8.15. The predicted molar refractivity (Wildman–Crippen MR) is 113 cm³/mol.